The van der Waals surface area contributed by atoms with Gasteiger partial charge < -0.3 is 5.73 Å². The van der Waals surface area contributed by atoms with Crippen LogP contribution in [0, 0.1) is 24.4 Å². The van der Waals surface area contributed by atoms with Gasteiger partial charge in [0.1, 0.15) is 17.5 Å². The molecule has 0 saturated carbocycles. The number of hydrogen-bond donors (Lipinski definition) is 1. The average Bonchev–Trinajstić information content (AvgIpc) is 3.46. The maximum atomic E-state index is 14.2. The summed E-state index contributed by atoms with van der Waals surface area (Å²) in [5.74, 6) is -3.79. The average molecular weight is 533 g/mol. The highest BCUT2D eigenvalue weighted by Gasteiger charge is 2.25. The highest BCUT2D eigenvalue weighted by Crippen LogP contribution is 2.34. The van der Waals surface area contributed by atoms with E-state index < -0.39 is 29.3 Å². The van der Waals surface area contributed by atoms with Crippen LogP contribution in [0.4, 0.5) is 13.2 Å². The molecule has 2 aromatic carbocycles. The van der Waals surface area contributed by atoms with Crippen LogP contribution < -0.4 is 5.73 Å². The third-order valence-corrected chi connectivity index (χ3v) is 7.23. The summed E-state index contributed by atoms with van der Waals surface area (Å²) in [6.07, 6.45) is 4.61. The normalized spacial score (nSPS) is 13.3. The van der Waals surface area contributed by atoms with Gasteiger partial charge in [-0.1, -0.05) is 12.1 Å². The maximum absolute atomic E-state index is 14.2. The molecule has 0 unspecified atom stereocenters. The number of aryl methyl sites for hydroxylation is 1. The number of halogens is 3. The molecule has 0 bridgehead atoms. The van der Waals surface area contributed by atoms with E-state index in [2.05, 4.69) is 10.1 Å². The molecule has 2 heterocycles. The fourth-order valence-electron chi connectivity index (χ4n) is 5.41. The number of benzene rings is 2. The van der Waals surface area contributed by atoms with Crippen molar-refractivity contribution < 1.29 is 22.8 Å². The van der Waals surface area contributed by atoms with E-state index in [1.54, 1.807) is 23.0 Å². The van der Waals surface area contributed by atoms with Gasteiger partial charge in [-0.25, -0.2) is 13.2 Å². The van der Waals surface area contributed by atoms with Crippen LogP contribution in [-0.4, -0.2) is 26.5 Å². The van der Waals surface area contributed by atoms with Gasteiger partial charge in [0.2, 0.25) is 0 Å². The minimum absolute atomic E-state index is 0.0238. The Morgan fingerprint density at radius 1 is 1.05 bits per heavy atom. The number of aromatic nitrogens is 3. The van der Waals surface area contributed by atoms with E-state index in [0.29, 0.717) is 22.4 Å². The number of carbonyl (C=O) groups is 2. The van der Waals surface area contributed by atoms with Crippen molar-refractivity contribution in [3.05, 3.63) is 106 Å². The number of amides is 1. The number of rotatable bonds is 9. The molecule has 1 atom stereocenters. The predicted molar refractivity (Wildman–Crippen MR) is 140 cm³/mol. The SMILES string of the molecule is Cc1c2c(nn1CC(=O)C[C@@H](Cc1cc(F)cc(F)c1)c1ncccc1-c1ccc(F)c(C(N)=O)c1)CCC2. The van der Waals surface area contributed by atoms with E-state index in [1.807, 2.05) is 6.92 Å². The third kappa shape index (κ3) is 5.62. The maximum Gasteiger partial charge on any atom is 0.251 e. The van der Waals surface area contributed by atoms with Crippen LogP contribution in [0.5, 0.6) is 0 Å². The molecule has 5 rings (SSSR count). The summed E-state index contributed by atoms with van der Waals surface area (Å²) in [5.41, 5.74) is 10.2. The van der Waals surface area contributed by atoms with Crippen molar-refractivity contribution in [1.82, 2.24) is 14.8 Å². The lowest BCUT2D eigenvalue weighted by atomic mass is 9.86. The molecule has 1 aliphatic rings. The van der Waals surface area contributed by atoms with Gasteiger partial charge in [0.05, 0.1) is 23.5 Å². The van der Waals surface area contributed by atoms with Gasteiger partial charge in [0.15, 0.2) is 5.78 Å². The van der Waals surface area contributed by atoms with E-state index in [-0.39, 0.29) is 30.7 Å². The number of nitrogens with zero attached hydrogens (tertiary/aromatic N) is 3. The predicted octanol–water partition coefficient (Wildman–Crippen LogP) is 5.24. The van der Waals surface area contributed by atoms with Gasteiger partial charge in [0.25, 0.3) is 5.91 Å². The van der Waals surface area contributed by atoms with E-state index >= 15 is 0 Å². The lowest BCUT2D eigenvalue weighted by molar-refractivity contribution is -0.120. The Bertz CT molecular complexity index is 1560. The summed E-state index contributed by atoms with van der Waals surface area (Å²) >= 11 is 0. The molecular formula is C30H27F3N4O2. The van der Waals surface area contributed by atoms with E-state index in [1.165, 1.54) is 29.8 Å². The third-order valence-electron chi connectivity index (χ3n) is 7.23. The molecule has 2 N–H and O–H groups in total. The van der Waals surface area contributed by atoms with Crippen molar-refractivity contribution in [3.63, 3.8) is 0 Å². The largest absolute Gasteiger partial charge is 0.366 e. The molecule has 1 amide bonds. The Labute approximate surface area is 223 Å². The summed E-state index contributed by atoms with van der Waals surface area (Å²) in [4.78, 5) is 29.7. The standard InChI is InChI=1S/C30H27F3N4O2/c1-17-24-4-2-6-28(24)36-37(17)16-23(38)13-20(10-18-11-21(31)15-22(32)12-18)29-25(5-3-9-35-29)19-7-8-27(33)26(14-19)30(34)39/h3,5,7-9,11-12,14-15,20H,2,4,6,10,13,16H2,1H3,(H2,34,39)/t20-/m1/s1. The summed E-state index contributed by atoms with van der Waals surface area (Å²) in [5, 5.41) is 4.62. The van der Waals surface area contributed by atoms with Crippen LogP contribution in [0.15, 0.2) is 54.7 Å². The first-order chi connectivity index (χ1) is 18.7. The van der Waals surface area contributed by atoms with Crippen LogP contribution in [0.25, 0.3) is 11.1 Å². The zero-order chi connectivity index (χ0) is 27.7. The number of hydrogen-bond acceptors (Lipinski definition) is 4. The zero-order valence-corrected chi connectivity index (χ0v) is 21.4. The van der Waals surface area contributed by atoms with Crippen LogP contribution in [0.2, 0.25) is 0 Å². The van der Waals surface area contributed by atoms with Crippen LogP contribution in [0.3, 0.4) is 0 Å². The molecule has 200 valence electrons. The van der Waals surface area contributed by atoms with Crippen molar-refractivity contribution in [2.75, 3.05) is 0 Å². The summed E-state index contributed by atoms with van der Waals surface area (Å²) < 4.78 is 44.0. The Hall–Kier alpha value is -4.27. The molecule has 1 aliphatic carbocycles. The zero-order valence-electron chi connectivity index (χ0n) is 21.4. The summed E-state index contributed by atoms with van der Waals surface area (Å²) in [6, 6.07) is 10.7. The molecule has 6 nitrogen and oxygen atoms in total. The topological polar surface area (TPSA) is 90.9 Å². The molecule has 0 radical (unpaired) electrons. The van der Waals surface area contributed by atoms with Gasteiger partial charge in [0, 0.05) is 35.9 Å². The molecule has 0 saturated heterocycles. The second-order valence-corrected chi connectivity index (χ2v) is 9.94. The molecule has 2 aromatic heterocycles. The van der Waals surface area contributed by atoms with Crippen LogP contribution >= 0.6 is 0 Å². The van der Waals surface area contributed by atoms with Gasteiger partial charge in [-0.15, -0.1) is 0 Å². The summed E-state index contributed by atoms with van der Waals surface area (Å²) in [7, 11) is 0. The van der Waals surface area contributed by atoms with Gasteiger partial charge in [-0.3, -0.25) is 19.3 Å². The van der Waals surface area contributed by atoms with E-state index in [0.717, 1.165) is 42.8 Å². The van der Waals surface area contributed by atoms with Crippen molar-refractivity contribution >= 4 is 11.7 Å². The Morgan fingerprint density at radius 2 is 1.82 bits per heavy atom. The lowest BCUT2D eigenvalue weighted by Crippen LogP contribution is -2.18. The Morgan fingerprint density at radius 3 is 2.54 bits per heavy atom. The lowest BCUT2D eigenvalue weighted by Gasteiger charge is -2.20. The molecule has 9 heteroatoms. The fraction of sp³-hybridized carbons (Fsp3) is 0.267. The first-order valence-corrected chi connectivity index (χ1v) is 12.8. The first kappa shape index (κ1) is 26.3. The number of carbonyl (C=O) groups excluding carboxylic acids is 2. The van der Waals surface area contributed by atoms with Crippen molar-refractivity contribution in [2.45, 2.75) is 51.5 Å². The van der Waals surface area contributed by atoms with E-state index in [4.69, 9.17) is 5.73 Å². The second-order valence-electron chi connectivity index (χ2n) is 9.94. The number of Topliss-reactive ketones (excluding diaryl/α,β-unsaturated/α-hetero) is 1. The first-order valence-electron chi connectivity index (χ1n) is 12.8. The molecule has 0 aliphatic heterocycles. The van der Waals surface area contributed by atoms with Crippen LogP contribution in [-0.2, 0) is 30.6 Å². The van der Waals surface area contributed by atoms with Crippen molar-refractivity contribution in [1.29, 1.82) is 0 Å². The monoisotopic (exact) mass is 532 g/mol. The number of fused-ring (bicyclic) bond motifs is 1. The number of ketones is 1. The highest BCUT2D eigenvalue weighted by molar-refractivity contribution is 5.94. The molecule has 4 aromatic rings. The Balaban J connectivity index is 1.51. The van der Waals surface area contributed by atoms with Crippen molar-refractivity contribution in [3.8, 4) is 11.1 Å². The molecule has 0 spiro atoms. The minimum Gasteiger partial charge on any atom is -0.366 e. The van der Waals surface area contributed by atoms with Gasteiger partial charge in [-0.2, -0.15) is 5.10 Å². The van der Waals surface area contributed by atoms with Crippen molar-refractivity contribution in [2.24, 2.45) is 5.73 Å². The Kier molecular flexibility index (Phi) is 7.32. The van der Waals surface area contributed by atoms with Gasteiger partial charge >= 0.3 is 0 Å². The van der Waals surface area contributed by atoms with Crippen LogP contribution in [0.1, 0.15) is 57.3 Å². The summed E-state index contributed by atoms with van der Waals surface area (Å²) in [6.45, 7) is 2.02. The second kappa shape index (κ2) is 10.8. The molecule has 39 heavy (non-hydrogen) atoms. The number of pyridine rings is 1. The van der Waals surface area contributed by atoms with E-state index in [9.17, 15) is 22.8 Å². The number of primary amides is 1. The minimum atomic E-state index is -0.914. The quantitative estimate of drug-likeness (QED) is 0.319. The number of nitrogens with two attached hydrogens (primary N) is 1. The highest BCUT2D eigenvalue weighted by atomic mass is 19.1. The van der Waals surface area contributed by atoms with Gasteiger partial charge in [-0.05, 0) is 79.6 Å². The molecular weight excluding hydrogens is 505 g/mol. The fourth-order valence-corrected chi connectivity index (χ4v) is 5.41. The smallest absolute Gasteiger partial charge is 0.251 e. The molecule has 0 fully saturated rings.